The highest BCUT2D eigenvalue weighted by Crippen LogP contribution is 2.24. The SMILES string of the molecule is CC(=O)N[C@@H]1[C@@H](O)[C@H](O)[C@@H](CO[C@@H]2O[C@@H](O)[C@H](O)[C@@H](O)[C@@H]2O)O[C@H]1NC(=O)C[C@H](N)C(=O)O. The second-order valence-corrected chi connectivity index (χ2v) is 7.72. The van der Waals surface area contributed by atoms with E-state index < -0.39 is 98.3 Å². The van der Waals surface area contributed by atoms with Gasteiger partial charge < -0.3 is 66.3 Å². The monoisotopic (exact) mass is 483 g/mol. The first kappa shape index (κ1) is 27.3. The van der Waals surface area contributed by atoms with E-state index in [1.54, 1.807) is 0 Å². The summed E-state index contributed by atoms with van der Waals surface area (Å²) < 4.78 is 15.6. The molecule has 2 saturated heterocycles. The van der Waals surface area contributed by atoms with E-state index in [0.29, 0.717) is 0 Å². The lowest BCUT2D eigenvalue weighted by Crippen LogP contribution is -2.68. The van der Waals surface area contributed by atoms with Crippen LogP contribution in [0.4, 0.5) is 0 Å². The summed E-state index contributed by atoms with van der Waals surface area (Å²) in [5, 5.41) is 72.9. The van der Waals surface area contributed by atoms with Crippen molar-refractivity contribution < 1.29 is 64.3 Å². The number of ether oxygens (including phenoxy) is 3. The van der Waals surface area contributed by atoms with Crippen molar-refractivity contribution in [3.8, 4) is 0 Å². The quantitative estimate of drug-likeness (QED) is 0.154. The van der Waals surface area contributed by atoms with Crippen molar-refractivity contribution in [1.29, 1.82) is 0 Å². The van der Waals surface area contributed by atoms with Crippen molar-refractivity contribution in [3.63, 3.8) is 0 Å². The highest BCUT2D eigenvalue weighted by atomic mass is 16.7. The molecule has 0 aliphatic carbocycles. The highest BCUT2D eigenvalue weighted by Gasteiger charge is 2.48. The summed E-state index contributed by atoms with van der Waals surface area (Å²) in [4.78, 5) is 34.5. The van der Waals surface area contributed by atoms with Crippen LogP contribution >= 0.6 is 0 Å². The summed E-state index contributed by atoms with van der Waals surface area (Å²) in [6.45, 7) is 0.504. The number of aliphatic hydroxyl groups excluding tert-OH is 6. The van der Waals surface area contributed by atoms with Crippen LogP contribution in [0.5, 0.6) is 0 Å². The number of nitrogens with two attached hydrogens (primary N) is 1. The van der Waals surface area contributed by atoms with E-state index in [9.17, 15) is 45.0 Å². The van der Waals surface area contributed by atoms with Gasteiger partial charge in [0.15, 0.2) is 18.8 Å². The Morgan fingerprint density at radius 2 is 1.58 bits per heavy atom. The smallest absolute Gasteiger partial charge is 0.321 e. The molecular formula is C17H29N3O13. The van der Waals surface area contributed by atoms with Crippen LogP contribution in [0.2, 0.25) is 0 Å². The second-order valence-electron chi connectivity index (χ2n) is 7.72. The fourth-order valence-electron chi connectivity index (χ4n) is 3.28. The minimum atomic E-state index is -1.88. The Hall–Kier alpha value is -1.99. The van der Waals surface area contributed by atoms with Crippen molar-refractivity contribution in [2.24, 2.45) is 5.73 Å². The number of hydrogen-bond donors (Lipinski definition) is 10. The van der Waals surface area contributed by atoms with Gasteiger partial charge in [0, 0.05) is 6.92 Å². The summed E-state index contributed by atoms with van der Waals surface area (Å²) in [5.41, 5.74) is 5.31. The number of rotatable bonds is 8. The maximum atomic E-state index is 12.1. The average molecular weight is 483 g/mol. The predicted octanol–water partition coefficient (Wildman–Crippen LogP) is -6.37. The Morgan fingerprint density at radius 3 is 2.15 bits per heavy atom. The van der Waals surface area contributed by atoms with Crippen LogP contribution in [-0.4, -0.2) is 128 Å². The van der Waals surface area contributed by atoms with Gasteiger partial charge in [-0.1, -0.05) is 0 Å². The van der Waals surface area contributed by atoms with Crippen LogP contribution in [0.15, 0.2) is 0 Å². The lowest BCUT2D eigenvalue weighted by atomic mass is 9.95. The first-order valence-corrected chi connectivity index (χ1v) is 9.89. The number of aliphatic carboxylic acids is 1. The molecule has 2 heterocycles. The molecule has 0 aromatic rings. The molecule has 33 heavy (non-hydrogen) atoms. The molecule has 0 radical (unpaired) electrons. The zero-order valence-corrected chi connectivity index (χ0v) is 17.4. The first-order valence-electron chi connectivity index (χ1n) is 9.89. The van der Waals surface area contributed by atoms with Crippen molar-refractivity contribution in [2.75, 3.05) is 6.61 Å². The Balaban J connectivity index is 2.09. The number of nitrogens with one attached hydrogen (secondary N) is 2. The summed E-state index contributed by atoms with van der Waals surface area (Å²) in [6.07, 6.45) is -15.8. The van der Waals surface area contributed by atoms with E-state index in [1.165, 1.54) is 0 Å². The summed E-state index contributed by atoms with van der Waals surface area (Å²) >= 11 is 0. The average Bonchev–Trinajstić information content (AvgIpc) is 2.73. The molecule has 190 valence electrons. The maximum absolute atomic E-state index is 12.1. The first-order chi connectivity index (χ1) is 15.3. The fraction of sp³-hybridized carbons (Fsp3) is 0.824. The summed E-state index contributed by atoms with van der Waals surface area (Å²) in [7, 11) is 0. The van der Waals surface area contributed by atoms with Crippen LogP contribution in [0.25, 0.3) is 0 Å². The molecule has 11 N–H and O–H groups in total. The van der Waals surface area contributed by atoms with Crippen LogP contribution in [0, 0.1) is 0 Å². The molecule has 2 amide bonds. The van der Waals surface area contributed by atoms with Crippen LogP contribution in [0.3, 0.4) is 0 Å². The molecule has 11 atom stereocenters. The molecule has 2 aliphatic heterocycles. The Kier molecular flexibility index (Phi) is 9.44. The van der Waals surface area contributed by atoms with Gasteiger partial charge in [-0.05, 0) is 0 Å². The van der Waals surface area contributed by atoms with Gasteiger partial charge in [-0.3, -0.25) is 14.4 Å². The van der Waals surface area contributed by atoms with Crippen LogP contribution in [-0.2, 0) is 28.6 Å². The summed E-state index contributed by atoms with van der Waals surface area (Å²) in [6, 6.07) is -2.87. The van der Waals surface area contributed by atoms with Gasteiger partial charge in [0.2, 0.25) is 11.8 Å². The van der Waals surface area contributed by atoms with Gasteiger partial charge in [-0.15, -0.1) is 0 Å². The molecular weight excluding hydrogens is 454 g/mol. The van der Waals surface area contributed by atoms with E-state index in [2.05, 4.69) is 10.6 Å². The van der Waals surface area contributed by atoms with Gasteiger partial charge in [0.1, 0.15) is 48.7 Å². The second kappa shape index (κ2) is 11.4. The van der Waals surface area contributed by atoms with Crippen LogP contribution in [0.1, 0.15) is 13.3 Å². The van der Waals surface area contributed by atoms with Gasteiger partial charge in [-0.2, -0.15) is 0 Å². The van der Waals surface area contributed by atoms with Crippen molar-refractivity contribution in [2.45, 2.75) is 80.9 Å². The molecule has 0 saturated carbocycles. The molecule has 16 nitrogen and oxygen atoms in total. The number of carbonyl (C=O) groups excluding carboxylic acids is 2. The minimum Gasteiger partial charge on any atom is -0.480 e. The third kappa shape index (κ3) is 6.76. The predicted molar refractivity (Wildman–Crippen MR) is 102 cm³/mol. The summed E-state index contributed by atoms with van der Waals surface area (Å²) in [5.74, 6) is -2.96. The maximum Gasteiger partial charge on any atom is 0.321 e. The van der Waals surface area contributed by atoms with Crippen molar-refractivity contribution >= 4 is 17.8 Å². The lowest BCUT2D eigenvalue weighted by molar-refractivity contribution is -0.346. The van der Waals surface area contributed by atoms with Crippen LogP contribution < -0.4 is 16.4 Å². The molecule has 0 aromatic carbocycles. The zero-order valence-electron chi connectivity index (χ0n) is 17.4. The van der Waals surface area contributed by atoms with E-state index in [0.717, 1.165) is 6.92 Å². The number of aliphatic hydroxyl groups is 6. The Labute approximate surface area is 186 Å². The molecule has 0 spiro atoms. The number of hydrogen-bond acceptors (Lipinski definition) is 13. The standard InChI is InChI=1S/C17H29N3O13/c1-4(21)19-8-10(24)9(23)6(32-14(8)20-7(22)2-5(18)15(28)29)3-31-17-13(27)11(25)12(26)16(30)33-17/h5-6,8-14,16-17,23-27,30H,2-3,18H2,1H3,(H,19,21)(H,20,22)(H,28,29)/t5-,6+,8+,9+,10+,11+,12+,13-,14+,16+,17+/m0/s1. The Morgan fingerprint density at radius 1 is 0.939 bits per heavy atom. The number of amides is 2. The molecule has 2 rings (SSSR count). The van der Waals surface area contributed by atoms with E-state index >= 15 is 0 Å². The fourth-order valence-corrected chi connectivity index (χ4v) is 3.28. The number of carboxylic acid groups (broad SMARTS) is 1. The van der Waals surface area contributed by atoms with E-state index in [1.807, 2.05) is 0 Å². The minimum absolute atomic E-state index is 0.608. The third-order valence-corrected chi connectivity index (χ3v) is 5.11. The van der Waals surface area contributed by atoms with Gasteiger partial charge in [-0.25, -0.2) is 0 Å². The molecule has 2 aliphatic rings. The lowest BCUT2D eigenvalue weighted by Gasteiger charge is -2.44. The van der Waals surface area contributed by atoms with Gasteiger partial charge >= 0.3 is 5.97 Å². The molecule has 16 heteroatoms. The van der Waals surface area contributed by atoms with E-state index in [-0.39, 0.29) is 0 Å². The third-order valence-electron chi connectivity index (χ3n) is 5.11. The highest BCUT2D eigenvalue weighted by molar-refractivity contribution is 5.84. The zero-order chi connectivity index (χ0) is 25.0. The molecule has 2 fully saturated rings. The van der Waals surface area contributed by atoms with Crippen molar-refractivity contribution in [3.05, 3.63) is 0 Å². The number of carboxylic acids is 1. The molecule has 0 aromatic heterocycles. The molecule has 0 unspecified atom stereocenters. The van der Waals surface area contributed by atoms with Crippen molar-refractivity contribution in [1.82, 2.24) is 10.6 Å². The number of carbonyl (C=O) groups is 3. The largest absolute Gasteiger partial charge is 0.480 e. The normalized spacial score (nSPS) is 40.0. The van der Waals surface area contributed by atoms with Gasteiger partial charge in [0.25, 0.3) is 0 Å². The molecule has 0 bridgehead atoms. The topological polar surface area (TPSA) is 271 Å². The Bertz CT molecular complexity index is 712. The van der Waals surface area contributed by atoms with E-state index in [4.69, 9.17) is 25.1 Å². The van der Waals surface area contributed by atoms with Gasteiger partial charge in [0.05, 0.1) is 13.0 Å².